The second-order valence-electron chi connectivity index (χ2n) is 10.6. The first-order chi connectivity index (χ1) is 9.99. The van der Waals surface area contributed by atoms with Gasteiger partial charge in [0.2, 0.25) is 0 Å². The summed E-state index contributed by atoms with van der Waals surface area (Å²) in [4.78, 5) is 12.9. The Morgan fingerprint density at radius 2 is 1.30 bits per heavy atom. The molecule has 0 bridgehead atoms. The summed E-state index contributed by atoms with van der Waals surface area (Å²) in [5, 5.41) is 3.36. The molecule has 0 aliphatic rings. The van der Waals surface area contributed by atoms with E-state index in [1.54, 1.807) is 0 Å². The van der Waals surface area contributed by atoms with Gasteiger partial charge in [0.15, 0.2) is 0 Å². The largest absolute Gasteiger partial charge is 0.458 e. The lowest BCUT2D eigenvalue weighted by Gasteiger charge is -2.40. The van der Waals surface area contributed by atoms with Crippen molar-refractivity contribution in [1.82, 2.24) is 5.32 Å². The minimum absolute atomic E-state index is 0.123. The molecule has 0 fully saturated rings. The molecule has 3 heteroatoms. The Hall–Kier alpha value is -0.570. The standard InChI is InChI=1S/C20H41NO2/c1-12-21-15(19(8,9)13-17(2,3)4)16(22)23-20(10,11)14-18(5,6)7/h15,21H,12-14H2,1-11H3. The highest BCUT2D eigenvalue weighted by atomic mass is 16.6. The first kappa shape index (κ1) is 22.4. The van der Waals surface area contributed by atoms with Crippen molar-refractivity contribution >= 4 is 5.97 Å². The number of hydrogen-bond donors (Lipinski definition) is 1. The number of esters is 1. The molecule has 0 spiro atoms. The summed E-state index contributed by atoms with van der Waals surface area (Å²) in [6.45, 7) is 24.3. The van der Waals surface area contributed by atoms with Crippen LogP contribution in [0.5, 0.6) is 0 Å². The maximum atomic E-state index is 12.9. The highest BCUT2D eigenvalue weighted by Crippen LogP contribution is 2.37. The van der Waals surface area contributed by atoms with Crippen LogP contribution in [0.25, 0.3) is 0 Å². The van der Waals surface area contributed by atoms with Gasteiger partial charge >= 0.3 is 5.97 Å². The number of likely N-dealkylation sites (N-methyl/N-ethyl adjacent to an activating group) is 1. The van der Waals surface area contributed by atoms with E-state index in [4.69, 9.17) is 4.74 Å². The van der Waals surface area contributed by atoms with Gasteiger partial charge in [0.05, 0.1) is 0 Å². The minimum atomic E-state index is -0.458. The zero-order valence-electron chi connectivity index (χ0n) is 17.5. The average Bonchev–Trinajstić information content (AvgIpc) is 2.16. The Morgan fingerprint density at radius 1 is 0.870 bits per heavy atom. The maximum absolute atomic E-state index is 12.9. The van der Waals surface area contributed by atoms with Crippen LogP contribution in [0, 0.1) is 16.2 Å². The highest BCUT2D eigenvalue weighted by molar-refractivity contribution is 5.77. The summed E-state index contributed by atoms with van der Waals surface area (Å²) in [7, 11) is 0. The van der Waals surface area contributed by atoms with Crippen LogP contribution in [-0.4, -0.2) is 24.2 Å². The Balaban J connectivity index is 5.20. The van der Waals surface area contributed by atoms with Crippen molar-refractivity contribution in [3.8, 4) is 0 Å². The van der Waals surface area contributed by atoms with Gasteiger partial charge in [-0.1, -0.05) is 62.3 Å². The lowest BCUT2D eigenvalue weighted by atomic mass is 9.72. The lowest BCUT2D eigenvalue weighted by molar-refractivity contribution is -0.165. The van der Waals surface area contributed by atoms with Crippen LogP contribution in [-0.2, 0) is 9.53 Å². The summed E-state index contributed by atoms with van der Waals surface area (Å²) in [6, 6.07) is -0.286. The maximum Gasteiger partial charge on any atom is 0.324 e. The van der Waals surface area contributed by atoms with Gasteiger partial charge in [-0.25, -0.2) is 0 Å². The molecule has 0 saturated heterocycles. The van der Waals surface area contributed by atoms with Gasteiger partial charge in [0.25, 0.3) is 0 Å². The molecule has 0 aliphatic heterocycles. The van der Waals surface area contributed by atoms with E-state index in [1.807, 2.05) is 20.8 Å². The van der Waals surface area contributed by atoms with Crippen molar-refractivity contribution in [2.75, 3.05) is 6.54 Å². The van der Waals surface area contributed by atoms with Gasteiger partial charge in [0.1, 0.15) is 11.6 Å². The van der Waals surface area contributed by atoms with Crippen molar-refractivity contribution in [3.05, 3.63) is 0 Å². The molecular weight excluding hydrogens is 286 g/mol. The zero-order valence-corrected chi connectivity index (χ0v) is 17.5. The topological polar surface area (TPSA) is 38.3 Å². The van der Waals surface area contributed by atoms with E-state index in [-0.39, 0.29) is 28.3 Å². The Kier molecular flexibility index (Phi) is 7.36. The van der Waals surface area contributed by atoms with Crippen LogP contribution in [0.3, 0.4) is 0 Å². The fraction of sp³-hybridized carbons (Fsp3) is 0.950. The smallest absolute Gasteiger partial charge is 0.324 e. The van der Waals surface area contributed by atoms with Gasteiger partial charge in [0, 0.05) is 0 Å². The fourth-order valence-electron chi connectivity index (χ4n) is 4.00. The predicted molar refractivity (Wildman–Crippen MR) is 99.6 cm³/mol. The van der Waals surface area contributed by atoms with Crippen LogP contribution >= 0.6 is 0 Å². The van der Waals surface area contributed by atoms with E-state index in [0.29, 0.717) is 0 Å². The minimum Gasteiger partial charge on any atom is -0.458 e. The first-order valence-electron chi connectivity index (χ1n) is 8.95. The third-order valence-electron chi connectivity index (χ3n) is 3.74. The van der Waals surface area contributed by atoms with E-state index in [1.165, 1.54) is 0 Å². The zero-order chi connectivity index (χ0) is 18.7. The van der Waals surface area contributed by atoms with Crippen molar-refractivity contribution in [2.24, 2.45) is 16.2 Å². The summed E-state index contributed by atoms with van der Waals surface area (Å²) in [5.74, 6) is -0.129. The average molecular weight is 328 g/mol. The van der Waals surface area contributed by atoms with Crippen LogP contribution in [0.2, 0.25) is 0 Å². The van der Waals surface area contributed by atoms with E-state index < -0.39 is 5.60 Å². The molecule has 0 rings (SSSR count). The van der Waals surface area contributed by atoms with Gasteiger partial charge in [-0.3, -0.25) is 4.79 Å². The molecule has 1 unspecified atom stereocenters. The van der Waals surface area contributed by atoms with Crippen LogP contribution in [0.4, 0.5) is 0 Å². The molecule has 0 aromatic rings. The Labute approximate surface area is 144 Å². The molecule has 1 atom stereocenters. The number of rotatable bonds is 7. The number of hydrogen-bond acceptors (Lipinski definition) is 3. The second-order valence-corrected chi connectivity index (χ2v) is 10.6. The second kappa shape index (κ2) is 7.55. The van der Waals surface area contributed by atoms with Crippen LogP contribution in [0.15, 0.2) is 0 Å². The summed E-state index contributed by atoms with van der Waals surface area (Å²) in [6.07, 6.45) is 1.79. The van der Waals surface area contributed by atoms with Crippen molar-refractivity contribution in [3.63, 3.8) is 0 Å². The predicted octanol–water partition coefficient (Wildman–Crippen LogP) is 5.18. The van der Waals surface area contributed by atoms with Crippen LogP contribution < -0.4 is 5.32 Å². The number of ether oxygens (including phenoxy) is 1. The van der Waals surface area contributed by atoms with E-state index >= 15 is 0 Å². The molecule has 0 amide bonds. The van der Waals surface area contributed by atoms with E-state index in [2.05, 4.69) is 60.7 Å². The van der Waals surface area contributed by atoms with Crippen molar-refractivity contribution < 1.29 is 9.53 Å². The molecule has 0 saturated carbocycles. The molecule has 0 radical (unpaired) electrons. The molecule has 0 heterocycles. The molecule has 0 aliphatic carbocycles. The quantitative estimate of drug-likeness (QED) is 0.654. The van der Waals surface area contributed by atoms with Gasteiger partial charge in [-0.2, -0.15) is 0 Å². The van der Waals surface area contributed by atoms with E-state index in [0.717, 1.165) is 19.4 Å². The normalized spacial score (nSPS) is 15.4. The van der Waals surface area contributed by atoms with Crippen LogP contribution in [0.1, 0.15) is 89.0 Å². The Bertz CT molecular complexity index is 383. The molecule has 3 nitrogen and oxygen atoms in total. The van der Waals surface area contributed by atoms with Gasteiger partial charge < -0.3 is 10.1 Å². The molecular formula is C20H41NO2. The van der Waals surface area contributed by atoms with Gasteiger partial charge in [-0.05, 0) is 49.5 Å². The molecule has 0 aromatic carbocycles. The Morgan fingerprint density at radius 3 is 1.65 bits per heavy atom. The number of carbonyl (C=O) groups excluding carboxylic acids is 1. The van der Waals surface area contributed by atoms with E-state index in [9.17, 15) is 4.79 Å². The molecule has 0 aromatic heterocycles. The van der Waals surface area contributed by atoms with Crippen molar-refractivity contribution in [2.45, 2.75) is 101 Å². The first-order valence-corrected chi connectivity index (χ1v) is 8.95. The molecule has 23 heavy (non-hydrogen) atoms. The highest BCUT2D eigenvalue weighted by Gasteiger charge is 2.41. The third-order valence-corrected chi connectivity index (χ3v) is 3.74. The lowest BCUT2D eigenvalue weighted by Crippen LogP contribution is -2.52. The number of nitrogens with one attached hydrogen (secondary N) is 1. The third kappa shape index (κ3) is 9.34. The monoisotopic (exact) mass is 327 g/mol. The number of carbonyl (C=O) groups is 1. The SMILES string of the molecule is CCNC(C(=O)OC(C)(C)CC(C)(C)C)C(C)(C)CC(C)(C)C. The summed E-state index contributed by atoms with van der Waals surface area (Å²) in [5.41, 5.74) is -0.333. The fourth-order valence-corrected chi connectivity index (χ4v) is 4.00. The summed E-state index contributed by atoms with van der Waals surface area (Å²) < 4.78 is 5.93. The molecule has 138 valence electrons. The summed E-state index contributed by atoms with van der Waals surface area (Å²) >= 11 is 0. The van der Waals surface area contributed by atoms with Gasteiger partial charge in [-0.15, -0.1) is 0 Å². The van der Waals surface area contributed by atoms with Crippen molar-refractivity contribution in [1.29, 1.82) is 0 Å². The molecule has 1 N–H and O–H groups in total.